The maximum atomic E-state index is 3.86. The molecule has 0 amide bonds. The molecule has 1 atom stereocenters. The highest BCUT2D eigenvalue weighted by Gasteiger charge is 2.16. The first-order valence-corrected chi connectivity index (χ1v) is 8.83. The number of hydrogen-bond acceptors (Lipinski definition) is 1. The Balaban J connectivity index is 1.94. The highest BCUT2D eigenvalue weighted by atomic mass is 14.9. The summed E-state index contributed by atoms with van der Waals surface area (Å²) in [5, 5.41) is 3.86. The third kappa shape index (κ3) is 5.14. The smallest absolute Gasteiger partial charge is 0.0294 e. The van der Waals surface area contributed by atoms with Crippen molar-refractivity contribution in [3.8, 4) is 0 Å². The van der Waals surface area contributed by atoms with E-state index in [1.54, 1.807) is 0 Å². The molecule has 0 saturated heterocycles. The molecule has 1 heteroatoms. The molecule has 1 nitrogen and oxygen atoms in total. The predicted octanol–water partition coefficient (Wildman–Crippen LogP) is 5.75. The molecule has 0 aliphatic heterocycles. The summed E-state index contributed by atoms with van der Waals surface area (Å²) < 4.78 is 0. The van der Waals surface area contributed by atoms with Gasteiger partial charge in [-0.25, -0.2) is 0 Å². The molecule has 1 aromatic carbocycles. The van der Waals surface area contributed by atoms with Crippen LogP contribution in [0.25, 0.3) is 0 Å². The minimum absolute atomic E-state index is 0.245. The van der Waals surface area contributed by atoms with Gasteiger partial charge in [-0.1, -0.05) is 77.1 Å². The Morgan fingerprint density at radius 3 is 1.95 bits per heavy atom. The Hall–Kier alpha value is -0.820. The Morgan fingerprint density at radius 1 is 0.905 bits per heavy atom. The number of nitrogens with one attached hydrogen (secondary N) is 1. The first kappa shape index (κ1) is 16.5. The van der Waals surface area contributed by atoms with Crippen LogP contribution in [0.3, 0.4) is 0 Å². The van der Waals surface area contributed by atoms with E-state index in [4.69, 9.17) is 0 Å². The van der Waals surface area contributed by atoms with E-state index in [9.17, 15) is 0 Å². The molecule has 1 N–H and O–H groups in total. The largest absolute Gasteiger partial charge is 0.307 e. The van der Waals surface area contributed by atoms with Gasteiger partial charge in [0.2, 0.25) is 0 Å². The minimum atomic E-state index is 0.245. The molecule has 1 aliphatic rings. The van der Waals surface area contributed by atoms with E-state index < -0.39 is 0 Å². The molecule has 0 spiro atoms. The minimum Gasteiger partial charge on any atom is -0.307 e. The predicted molar refractivity (Wildman–Crippen MR) is 92.8 cm³/mol. The van der Waals surface area contributed by atoms with E-state index in [-0.39, 0.29) is 5.41 Å². The van der Waals surface area contributed by atoms with Crippen molar-refractivity contribution in [2.45, 2.75) is 90.1 Å². The van der Waals surface area contributed by atoms with E-state index in [1.807, 2.05) is 0 Å². The van der Waals surface area contributed by atoms with Gasteiger partial charge in [0.15, 0.2) is 0 Å². The zero-order valence-electron chi connectivity index (χ0n) is 14.4. The van der Waals surface area contributed by atoms with E-state index in [2.05, 4.69) is 57.3 Å². The monoisotopic (exact) mass is 287 g/mol. The molecule has 118 valence electrons. The maximum absolute atomic E-state index is 3.86. The molecule has 1 aromatic rings. The fourth-order valence-electron chi connectivity index (χ4n) is 3.34. The third-order valence-corrected chi connectivity index (χ3v) is 4.87. The zero-order valence-corrected chi connectivity index (χ0v) is 14.4. The molecular weight excluding hydrogens is 254 g/mol. The summed E-state index contributed by atoms with van der Waals surface area (Å²) in [6.07, 6.45) is 9.78. The molecule has 1 fully saturated rings. The number of hydrogen-bond donors (Lipinski definition) is 1. The Morgan fingerprint density at radius 2 is 1.43 bits per heavy atom. The van der Waals surface area contributed by atoms with Crippen molar-refractivity contribution in [3.63, 3.8) is 0 Å². The number of benzene rings is 1. The zero-order chi connectivity index (χ0) is 15.3. The van der Waals surface area contributed by atoms with Gasteiger partial charge in [0.05, 0.1) is 0 Å². The van der Waals surface area contributed by atoms with Crippen LogP contribution >= 0.6 is 0 Å². The van der Waals surface area contributed by atoms with E-state index in [0.717, 1.165) is 0 Å². The third-order valence-electron chi connectivity index (χ3n) is 4.87. The molecule has 1 aliphatic carbocycles. The summed E-state index contributed by atoms with van der Waals surface area (Å²) in [6, 6.07) is 10.4. The Bertz CT molecular complexity index is 404. The van der Waals surface area contributed by atoms with Gasteiger partial charge >= 0.3 is 0 Å². The molecule has 0 aromatic heterocycles. The lowest BCUT2D eigenvalue weighted by Gasteiger charge is -2.26. The molecule has 21 heavy (non-hydrogen) atoms. The second-order valence-corrected chi connectivity index (χ2v) is 7.80. The summed E-state index contributed by atoms with van der Waals surface area (Å²) in [4.78, 5) is 0. The first-order valence-electron chi connectivity index (χ1n) is 8.83. The normalized spacial score (nSPS) is 19.8. The van der Waals surface area contributed by atoms with Gasteiger partial charge in [-0.3, -0.25) is 0 Å². The van der Waals surface area contributed by atoms with Crippen molar-refractivity contribution in [1.82, 2.24) is 5.32 Å². The van der Waals surface area contributed by atoms with Crippen molar-refractivity contribution < 1.29 is 0 Å². The summed E-state index contributed by atoms with van der Waals surface area (Å²) in [5.41, 5.74) is 3.09. The van der Waals surface area contributed by atoms with Crippen molar-refractivity contribution in [2.24, 2.45) is 0 Å². The maximum Gasteiger partial charge on any atom is 0.0294 e. The molecule has 0 bridgehead atoms. The van der Waals surface area contributed by atoms with Crippen molar-refractivity contribution in [1.29, 1.82) is 0 Å². The second kappa shape index (κ2) is 7.45. The Kier molecular flexibility index (Phi) is 5.87. The summed E-state index contributed by atoms with van der Waals surface area (Å²) in [6.45, 7) is 9.14. The van der Waals surface area contributed by atoms with Gasteiger partial charge in [0.25, 0.3) is 0 Å². The van der Waals surface area contributed by atoms with Crippen LogP contribution in [0.1, 0.15) is 89.8 Å². The van der Waals surface area contributed by atoms with E-state index in [0.29, 0.717) is 12.1 Å². The van der Waals surface area contributed by atoms with Gasteiger partial charge in [0, 0.05) is 12.1 Å². The lowest BCUT2D eigenvalue weighted by molar-refractivity contribution is 0.362. The summed E-state index contributed by atoms with van der Waals surface area (Å²) in [5.74, 6) is 0. The molecular formula is C20H33N. The van der Waals surface area contributed by atoms with Gasteiger partial charge in [-0.2, -0.15) is 0 Å². The summed E-state index contributed by atoms with van der Waals surface area (Å²) >= 11 is 0. The molecule has 1 unspecified atom stereocenters. The SMILES string of the molecule is CC(NC1CCCCCCC1)c1ccc(C(C)(C)C)cc1. The highest BCUT2D eigenvalue weighted by Crippen LogP contribution is 2.25. The molecule has 1 saturated carbocycles. The lowest BCUT2D eigenvalue weighted by atomic mass is 9.86. The van der Waals surface area contributed by atoms with Gasteiger partial charge in [-0.15, -0.1) is 0 Å². The van der Waals surface area contributed by atoms with Crippen molar-refractivity contribution in [3.05, 3.63) is 35.4 Å². The molecule has 0 radical (unpaired) electrons. The van der Waals surface area contributed by atoms with Crippen LogP contribution in [0.4, 0.5) is 0 Å². The first-order chi connectivity index (χ1) is 9.97. The van der Waals surface area contributed by atoms with Crippen LogP contribution in [-0.2, 0) is 5.41 Å². The van der Waals surface area contributed by atoms with Crippen LogP contribution < -0.4 is 5.32 Å². The number of rotatable bonds is 3. The molecule has 0 heterocycles. The average Bonchev–Trinajstić information content (AvgIpc) is 2.41. The fraction of sp³-hybridized carbons (Fsp3) is 0.700. The highest BCUT2D eigenvalue weighted by molar-refractivity contribution is 5.29. The van der Waals surface area contributed by atoms with E-state index in [1.165, 1.54) is 56.1 Å². The topological polar surface area (TPSA) is 12.0 Å². The quantitative estimate of drug-likeness (QED) is 0.746. The second-order valence-electron chi connectivity index (χ2n) is 7.80. The van der Waals surface area contributed by atoms with Crippen LogP contribution in [0.2, 0.25) is 0 Å². The van der Waals surface area contributed by atoms with Gasteiger partial charge in [-0.05, 0) is 36.3 Å². The van der Waals surface area contributed by atoms with Crippen LogP contribution in [0.5, 0.6) is 0 Å². The van der Waals surface area contributed by atoms with E-state index >= 15 is 0 Å². The van der Waals surface area contributed by atoms with Crippen molar-refractivity contribution in [2.75, 3.05) is 0 Å². The Labute approximate surface area is 131 Å². The van der Waals surface area contributed by atoms with Crippen LogP contribution in [-0.4, -0.2) is 6.04 Å². The standard InChI is InChI=1S/C20H33N/c1-16(21-19-10-8-6-5-7-9-11-19)17-12-14-18(15-13-17)20(2,3)4/h12-16,19,21H,5-11H2,1-4H3. The van der Waals surface area contributed by atoms with Crippen LogP contribution in [0.15, 0.2) is 24.3 Å². The average molecular weight is 287 g/mol. The van der Waals surface area contributed by atoms with Gasteiger partial charge in [0.1, 0.15) is 0 Å². The van der Waals surface area contributed by atoms with Crippen LogP contribution in [0, 0.1) is 0 Å². The van der Waals surface area contributed by atoms with Crippen molar-refractivity contribution >= 4 is 0 Å². The van der Waals surface area contributed by atoms with Gasteiger partial charge < -0.3 is 5.32 Å². The summed E-state index contributed by atoms with van der Waals surface area (Å²) in [7, 11) is 0. The fourth-order valence-corrected chi connectivity index (χ4v) is 3.34. The molecule has 2 rings (SSSR count). The lowest BCUT2D eigenvalue weighted by Crippen LogP contribution is -2.32.